The maximum atomic E-state index is 11.8. The van der Waals surface area contributed by atoms with E-state index in [0.29, 0.717) is 12.5 Å². The molecule has 1 heterocycles. The second kappa shape index (κ2) is 6.08. The lowest BCUT2D eigenvalue weighted by Gasteiger charge is -2.27. The van der Waals surface area contributed by atoms with Crippen LogP contribution in [-0.4, -0.2) is 38.8 Å². The van der Waals surface area contributed by atoms with E-state index in [4.69, 9.17) is 4.74 Å². The van der Waals surface area contributed by atoms with Gasteiger partial charge in [0.1, 0.15) is 0 Å². The van der Waals surface area contributed by atoms with Crippen molar-refractivity contribution in [3.63, 3.8) is 0 Å². The fourth-order valence-corrected chi connectivity index (χ4v) is 1.83. The van der Waals surface area contributed by atoms with Crippen LogP contribution in [0.2, 0.25) is 0 Å². The second-order valence-electron chi connectivity index (χ2n) is 4.49. The van der Waals surface area contributed by atoms with E-state index >= 15 is 0 Å². The molecule has 3 unspecified atom stereocenters. The summed E-state index contributed by atoms with van der Waals surface area (Å²) in [5, 5.41) is 6.19. The van der Waals surface area contributed by atoms with Crippen molar-refractivity contribution in [3.8, 4) is 0 Å². The Morgan fingerprint density at radius 3 is 2.93 bits per heavy atom. The maximum absolute atomic E-state index is 11.8. The van der Waals surface area contributed by atoms with Gasteiger partial charge in [-0.15, -0.1) is 0 Å². The van der Waals surface area contributed by atoms with E-state index in [1.165, 1.54) is 0 Å². The van der Waals surface area contributed by atoms with Gasteiger partial charge in [-0.2, -0.15) is 0 Å². The molecule has 1 aliphatic rings. The number of ether oxygens (including phenoxy) is 1. The normalized spacial score (nSPS) is 28.5. The topological polar surface area (TPSA) is 50.4 Å². The summed E-state index contributed by atoms with van der Waals surface area (Å²) < 4.78 is 5.08. The van der Waals surface area contributed by atoms with Crippen molar-refractivity contribution in [2.24, 2.45) is 11.8 Å². The lowest BCUT2D eigenvalue weighted by atomic mass is 9.91. The molecule has 0 radical (unpaired) electrons. The van der Waals surface area contributed by atoms with Gasteiger partial charge in [-0.05, 0) is 25.8 Å². The van der Waals surface area contributed by atoms with Crippen LogP contribution in [0.3, 0.4) is 0 Å². The average molecular weight is 214 g/mol. The number of nitrogens with one attached hydrogen (secondary N) is 2. The Morgan fingerprint density at radius 2 is 2.33 bits per heavy atom. The zero-order chi connectivity index (χ0) is 11.3. The molecule has 1 fully saturated rings. The van der Waals surface area contributed by atoms with Crippen molar-refractivity contribution in [3.05, 3.63) is 0 Å². The third-order valence-electron chi connectivity index (χ3n) is 2.91. The van der Waals surface area contributed by atoms with Gasteiger partial charge in [0.05, 0.1) is 12.0 Å². The van der Waals surface area contributed by atoms with Gasteiger partial charge in [0.15, 0.2) is 0 Å². The summed E-state index contributed by atoms with van der Waals surface area (Å²) in [6.07, 6.45) is 1.07. The standard InChI is InChI=1S/C11H22N2O2/c1-8-4-10(7-12-5-8)11(14)13-6-9(2)15-3/h8-10,12H,4-7H2,1-3H3,(H,13,14). The third-order valence-corrected chi connectivity index (χ3v) is 2.91. The highest BCUT2D eigenvalue weighted by molar-refractivity contribution is 5.79. The van der Waals surface area contributed by atoms with Crippen LogP contribution in [0.1, 0.15) is 20.3 Å². The summed E-state index contributed by atoms with van der Waals surface area (Å²) in [6, 6.07) is 0. The third kappa shape index (κ3) is 4.18. The monoisotopic (exact) mass is 214 g/mol. The predicted molar refractivity (Wildman–Crippen MR) is 59.6 cm³/mol. The minimum atomic E-state index is 0.0860. The minimum Gasteiger partial charge on any atom is -0.380 e. The van der Waals surface area contributed by atoms with Crippen LogP contribution in [0.5, 0.6) is 0 Å². The Hall–Kier alpha value is -0.610. The van der Waals surface area contributed by atoms with Crippen LogP contribution in [0.4, 0.5) is 0 Å². The molecule has 3 atom stereocenters. The van der Waals surface area contributed by atoms with E-state index < -0.39 is 0 Å². The van der Waals surface area contributed by atoms with Gasteiger partial charge in [0, 0.05) is 20.2 Å². The summed E-state index contributed by atoms with van der Waals surface area (Å²) in [4.78, 5) is 11.8. The fraction of sp³-hybridized carbons (Fsp3) is 0.909. The quantitative estimate of drug-likeness (QED) is 0.711. The molecule has 4 nitrogen and oxygen atoms in total. The number of amides is 1. The molecule has 15 heavy (non-hydrogen) atoms. The molecular formula is C11H22N2O2. The van der Waals surface area contributed by atoms with E-state index in [1.54, 1.807) is 7.11 Å². The number of carbonyl (C=O) groups is 1. The predicted octanol–water partition coefficient (Wildman–Crippen LogP) is 0.383. The molecule has 88 valence electrons. The number of hydrogen-bond donors (Lipinski definition) is 2. The number of rotatable bonds is 4. The van der Waals surface area contributed by atoms with Crippen LogP contribution in [0.15, 0.2) is 0 Å². The number of methoxy groups -OCH3 is 1. The van der Waals surface area contributed by atoms with Gasteiger partial charge in [-0.3, -0.25) is 4.79 Å². The summed E-state index contributed by atoms with van der Waals surface area (Å²) >= 11 is 0. The van der Waals surface area contributed by atoms with Crippen LogP contribution in [0.25, 0.3) is 0 Å². The van der Waals surface area contributed by atoms with E-state index in [-0.39, 0.29) is 17.9 Å². The Balaban J connectivity index is 2.26. The smallest absolute Gasteiger partial charge is 0.224 e. The summed E-state index contributed by atoms with van der Waals surface area (Å²) in [5.74, 6) is 0.866. The fourth-order valence-electron chi connectivity index (χ4n) is 1.83. The van der Waals surface area contributed by atoms with Gasteiger partial charge in [0.2, 0.25) is 5.91 Å². The zero-order valence-corrected chi connectivity index (χ0v) is 9.88. The van der Waals surface area contributed by atoms with Gasteiger partial charge in [-0.1, -0.05) is 6.92 Å². The van der Waals surface area contributed by atoms with Crippen LogP contribution >= 0.6 is 0 Å². The zero-order valence-electron chi connectivity index (χ0n) is 9.88. The second-order valence-corrected chi connectivity index (χ2v) is 4.49. The van der Waals surface area contributed by atoms with Crippen LogP contribution in [-0.2, 0) is 9.53 Å². The summed E-state index contributed by atoms with van der Waals surface area (Å²) in [6.45, 7) is 6.54. The Bertz CT molecular complexity index is 209. The van der Waals surface area contributed by atoms with Crippen molar-refractivity contribution >= 4 is 5.91 Å². The lowest BCUT2D eigenvalue weighted by molar-refractivity contribution is -0.126. The van der Waals surface area contributed by atoms with Crippen molar-refractivity contribution < 1.29 is 9.53 Å². The lowest BCUT2D eigenvalue weighted by Crippen LogP contribution is -2.44. The Labute approximate surface area is 91.8 Å². The first-order valence-corrected chi connectivity index (χ1v) is 5.64. The van der Waals surface area contributed by atoms with E-state index in [9.17, 15) is 4.79 Å². The number of hydrogen-bond acceptors (Lipinski definition) is 3. The average Bonchev–Trinajstić information content (AvgIpc) is 2.25. The molecule has 0 aromatic rings. The molecule has 0 aromatic carbocycles. The van der Waals surface area contributed by atoms with E-state index in [1.807, 2.05) is 6.92 Å². The van der Waals surface area contributed by atoms with Gasteiger partial charge in [0.25, 0.3) is 0 Å². The minimum absolute atomic E-state index is 0.0860. The van der Waals surface area contributed by atoms with Crippen molar-refractivity contribution in [1.82, 2.24) is 10.6 Å². The van der Waals surface area contributed by atoms with Crippen molar-refractivity contribution in [2.75, 3.05) is 26.7 Å². The molecule has 0 aromatic heterocycles. The Morgan fingerprint density at radius 1 is 1.60 bits per heavy atom. The number of carbonyl (C=O) groups excluding carboxylic acids is 1. The first-order valence-electron chi connectivity index (χ1n) is 5.64. The molecule has 1 saturated heterocycles. The molecular weight excluding hydrogens is 192 g/mol. The molecule has 4 heteroatoms. The molecule has 1 amide bonds. The molecule has 0 spiro atoms. The number of piperidine rings is 1. The highest BCUT2D eigenvalue weighted by Gasteiger charge is 2.24. The van der Waals surface area contributed by atoms with Gasteiger partial charge < -0.3 is 15.4 Å². The summed E-state index contributed by atoms with van der Waals surface area (Å²) in [5.41, 5.74) is 0. The maximum Gasteiger partial charge on any atom is 0.224 e. The van der Waals surface area contributed by atoms with Crippen molar-refractivity contribution in [1.29, 1.82) is 0 Å². The highest BCUT2D eigenvalue weighted by Crippen LogP contribution is 2.15. The van der Waals surface area contributed by atoms with Gasteiger partial charge >= 0.3 is 0 Å². The molecule has 0 bridgehead atoms. The molecule has 0 saturated carbocycles. The van der Waals surface area contributed by atoms with E-state index in [2.05, 4.69) is 17.6 Å². The highest BCUT2D eigenvalue weighted by atomic mass is 16.5. The van der Waals surface area contributed by atoms with Crippen molar-refractivity contribution in [2.45, 2.75) is 26.4 Å². The molecule has 1 rings (SSSR count). The first kappa shape index (κ1) is 12.5. The molecule has 2 N–H and O–H groups in total. The Kier molecular flexibility index (Phi) is 5.05. The molecule has 0 aliphatic carbocycles. The van der Waals surface area contributed by atoms with E-state index in [0.717, 1.165) is 19.5 Å². The summed E-state index contributed by atoms with van der Waals surface area (Å²) in [7, 11) is 1.65. The van der Waals surface area contributed by atoms with Gasteiger partial charge in [-0.25, -0.2) is 0 Å². The van der Waals surface area contributed by atoms with Crippen LogP contribution in [0, 0.1) is 11.8 Å². The first-order chi connectivity index (χ1) is 7.13. The molecule has 1 aliphatic heterocycles. The largest absolute Gasteiger partial charge is 0.380 e. The SMILES string of the molecule is COC(C)CNC(=O)C1CNCC(C)C1. The van der Waals surface area contributed by atoms with Crippen LogP contribution < -0.4 is 10.6 Å².